The number of nitrogens with zero attached hydrogens (tertiary/aromatic N) is 3. The van der Waals surface area contributed by atoms with Crippen LogP contribution in [0.3, 0.4) is 0 Å². The lowest BCUT2D eigenvalue weighted by molar-refractivity contribution is -0.139. The molecule has 7 rings (SSSR count). The van der Waals surface area contributed by atoms with Gasteiger partial charge in [-0.1, -0.05) is 12.1 Å². The number of likely N-dealkylation sites (tertiary alicyclic amines) is 1. The van der Waals surface area contributed by atoms with Crippen molar-refractivity contribution >= 4 is 33.1 Å². The van der Waals surface area contributed by atoms with Gasteiger partial charge in [-0.3, -0.25) is 4.79 Å². The Labute approximate surface area is 222 Å². The molecule has 38 heavy (non-hydrogen) atoms. The number of aromatic nitrogens is 1. The fourth-order valence-electron chi connectivity index (χ4n) is 6.69. The Morgan fingerprint density at radius 1 is 1.21 bits per heavy atom. The predicted molar refractivity (Wildman–Crippen MR) is 132 cm³/mol. The monoisotopic (exact) mass is 560 g/mol. The topological polar surface area (TPSA) is 48.5 Å². The fraction of sp³-hybridized carbons (Fsp3) is 0.615. The number of thiophene rings is 1. The molecule has 1 N–H and O–H groups in total. The predicted octanol–water partition coefficient (Wildman–Crippen LogP) is 5.55. The van der Waals surface area contributed by atoms with E-state index in [2.05, 4.69) is 10.3 Å². The van der Waals surface area contributed by atoms with E-state index in [0.717, 1.165) is 29.8 Å². The summed E-state index contributed by atoms with van der Waals surface area (Å²) in [5, 5.41) is 3.47. The molecule has 1 spiro atoms. The zero-order chi connectivity index (χ0) is 28.6. The molecule has 3 atom stereocenters. The summed E-state index contributed by atoms with van der Waals surface area (Å²) in [6.07, 6.45) is -6.17. The van der Waals surface area contributed by atoms with E-state index in [4.69, 9.17) is 2.74 Å². The summed E-state index contributed by atoms with van der Waals surface area (Å²) in [7, 11) is 0. The highest BCUT2D eigenvalue weighted by Crippen LogP contribution is 2.50. The zero-order valence-corrected chi connectivity index (χ0v) is 21.2. The van der Waals surface area contributed by atoms with Gasteiger partial charge in [0.2, 0.25) is 5.91 Å². The van der Waals surface area contributed by atoms with Crippen molar-refractivity contribution in [2.45, 2.75) is 63.0 Å². The van der Waals surface area contributed by atoms with E-state index >= 15 is 0 Å². The largest absolute Gasteiger partial charge is 0.419 e. The summed E-state index contributed by atoms with van der Waals surface area (Å²) < 4.78 is 96.3. The van der Waals surface area contributed by atoms with E-state index in [1.807, 2.05) is 0 Å². The van der Waals surface area contributed by atoms with Gasteiger partial charge in [-0.2, -0.15) is 26.3 Å². The van der Waals surface area contributed by atoms with E-state index in [9.17, 15) is 31.1 Å². The van der Waals surface area contributed by atoms with Gasteiger partial charge in [0.15, 0.2) is 0 Å². The number of carbonyl (C=O) groups is 1. The minimum absolute atomic E-state index is 0.0511. The summed E-state index contributed by atoms with van der Waals surface area (Å²) in [6, 6.07) is 0.818. The van der Waals surface area contributed by atoms with E-state index in [1.165, 1.54) is 6.07 Å². The van der Waals surface area contributed by atoms with Crippen molar-refractivity contribution < 1.29 is 33.9 Å². The average molecular weight is 561 g/mol. The van der Waals surface area contributed by atoms with Gasteiger partial charge in [-0.05, 0) is 38.2 Å². The van der Waals surface area contributed by atoms with E-state index in [-0.39, 0.29) is 50.6 Å². The Kier molecular flexibility index (Phi) is 5.47. The first-order valence-corrected chi connectivity index (χ1v) is 13.6. The van der Waals surface area contributed by atoms with Crippen LogP contribution in [0.4, 0.5) is 32.0 Å². The van der Waals surface area contributed by atoms with Crippen LogP contribution < -0.4 is 10.2 Å². The standard InChI is InChI=1S/C26H28F6N4OS/c1-14-8-15-2-3-17(14)20(34-15)23(37)35-6-4-24(5-7-35)12-36(13-24)21-18-9-16(10-25(27,28)29)38-22(18)33-11-19(21)26(30,31)32/h9,11,15,17,20,34H,1-8,10,12-13H2/t15-,17+,20-/m0/s1/i1D2. The molecule has 1 aliphatic carbocycles. The third-order valence-corrected chi connectivity index (χ3v) is 9.64. The molecular weight excluding hydrogens is 530 g/mol. The first kappa shape index (κ1) is 23.5. The van der Waals surface area contributed by atoms with E-state index in [1.54, 1.807) is 9.80 Å². The molecule has 0 unspecified atom stereocenters. The Hall–Kier alpha value is -2.34. The lowest BCUT2D eigenvalue weighted by atomic mass is 9.70. The molecule has 2 bridgehead atoms. The molecule has 6 heterocycles. The number of pyridine rings is 1. The van der Waals surface area contributed by atoms with Crippen LogP contribution in [-0.2, 0) is 17.4 Å². The zero-order valence-electron chi connectivity index (χ0n) is 22.4. The molecule has 0 aromatic carbocycles. The molecule has 2 aromatic rings. The van der Waals surface area contributed by atoms with Crippen molar-refractivity contribution in [2.75, 3.05) is 31.1 Å². The van der Waals surface area contributed by atoms with Gasteiger partial charge in [-0.25, -0.2) is 4.98 Å². The molecule has 12 heteroatoms. The number of halogens is 6. The second-order valence-electron chi connectivity index (χ2n) is 11.2. The second-order valence-corrected chi connectivity index (χ2v) is 12.3. The second kappa shape index (κ2) is 8.84. The highest BCUT2D eigenvalue weighted by atomic mass is 32.1. The number of rotatable bonds is 3. The highest BCUT2D eigenvalue weighted by Gasteiger charge is 2.50. The summed E-state index contributed by atoms with van der Waals surface area (Å²) in [5.74, 6) is -0.204. The molecule has 2 aromatic heterocycles. The number of hydrogen-bond acceptors (Lipinski definition) is 5. The van der Waals surface area contributed by atoms with E-state index < -0.39 is 30.4 Å². The molecule has 5 nitrogen and oxygen atoms in total. The molecular formula is C26H28F6N4OS. The number of amides is 1. The summed E-state index contributed by atoms with van der Waals surface area (Å²) in [4.78, 5) is 20.7. The molecule has 5 fully saturated rings. The number of piperidine rings is 3. The van der Waals surface area contributed by atoms with Crippen molar-refractivity contribution in [3.8, 4) is 0 Å². The average Bonchev–Trinajstić information content (AvgIpc) is 3.27. The molecule has 0 radical (unpaired) electrons. The smallest absolute Gasteiger partial charge is 0.369 e. The Bertz CT molecular complexity index is 1360. The first-order chi connectivity index (χ1) is 18.7. The SMILES string of the molecule is [2H]C([2H])=C1C[C@@H]2CC[C@H]1[C@@H](C(=O)N1CCC3(CC1)CN(c1c(C(F)(F)F)cnc4sc(CC(F)(F)F)cc14)C3)N2. The Balaban J connectivity index is 1.17. The molecule has 4 aliphatic heterocycles. The Morgan fingerprint density at radius 2 is 1.95 bits per heavy atom. The van der Waals surface area contributed by atoms with E-state index in [0.29, 0.717) is 51.6 Å². The number of anilines is 1. The van der Waals surface area contributed by atoms with Gasteiger partial charge in [0.1, 0.15) is 4.83 Å². The molecule has 5 aliphatic rings. The normalized spacial score (nSPS) is 27.9. The van der Waals surface area contributed by atoms with Gasteiger partial charge in [0.25, 0.3) is 0 Å². The maximum Gasteiger partial charge on any atom is 0.419 e. The van der Waals surface area contributed by atoms with Crippen molar-refractivity contribution in [3.05, 3.63) is 34.8 Å². The third-order valence-electron chi connectivity index (χ3n) is 8.59. The fourth-order valence-corrected chi connectivity index (χ4v) is 7.72. The maximum atomic E-state index is 13.9. The van der Waals surface area contributed by atoms with Crippen molar-refractivity contribution in [2.24, 2.45) is 11.3 Å². The number of nitrogens with one attached hydrogen (secondary N) is 1. The quantitative estimate of drug-likeness (QED) is 0.396. The number of fused-ring (bicyclic) bond motifs is 4. The van der Waals surface area contributed by atoms with Crippen LogP contribution in [0.15, 0.2) is 24.4 Å². The van der Waals surface area contributed by atoms with Crippen molar-refractivity contribution in [1.29, 1.82) is 0 Å². The summed E-state index contributed by atoms with van der Waals surface area (Å²) in [5.41, 5.74) is -0.619. The molecule has 4 saturated heterocycles. The first-order valence-electron chi connectivity index (χ1n) is 13.7. The molecule has 1 saturated carbocycles. The van der Waals surface area contributed by atoms with Gasteiger partial charge < -0.3 is 15.1 Å². The highest BCUT2D eigenvalue weighted by molar-refractivity contribution is 7.18. The minimum atomic E-state index is -4.71. The van der Waals surface area contributed by atoms with Gasteiger partial charge >= 0.3 is 12.4 Å². The maximum absolute atomic E-state index is 13.9. The third kappa shape index (κ3) is 4.57. The molecule has 1 amide bonds. The summed E-state index contributed by atoms with van der Waals surface area (Å²) >= 11 is 0.759. The van der Waals surface area contributed by atoms with Crippen LogP contribution in [0.1, 0.15) is 45.3 Å². The lowest BCUT2D eigenvalue weighted by Crippen LogP contribution is -2.64. The van der Waals surface area contributed by atoms with Crippen molar-refractivity contribution in [1.82, 2.24) is 15.2 Å². The lowest BCUT2D eigenvalue weighted by Gasteiger charge is -2.56. The van der Waals surface area contributed by atoms with Crippen LogP contribution in [-0.4, -0.2) is 60.2 Å². The van der Waals surface area contributed by atoms with Gasteiger partial charge in [0, 0.05) is 60.0 Å². The molecule has 206 valence electrons. The Morgan fingerprint density at radius 3 is 2.58 bits per heavy atom. The van der Waals surface area contributed by atoms with Crippen LogP contribution in [0.25, 0.3) is 10.2 Å². The van der Waals surface area contributed by atoms with Gasteiger partial charge in [0.05, 0.1) is 26.5 Å². The van der Waals surface area contributed by atoms with Crippen LogP contribution in [0.5, 0.6) is 0 Å². The number of hydrogen-bond donors (Lipinski definition) is 1. The van der Waals surface area contributed by atoms with Crippen LogP contribution >= 0.6 is 11.3 Å². The minimum Gasteiger partial charge on any atom is -0.369 e. The summed E-state index contributed by atoms with van der Waals surface area (Å²) in [6.45, 7) is 1.36. The van der Waals surface area contributed by atoms with Crippen LogP contribution in [0, 0.1) is 11.3 Å². The van der Waals surface area contributed by atoms with Crippen molar-refractivity contribution in [3.63, 3.8) is 0 Å². The van der Waals surface area contributed by atoms with Gasteiger partial charge in [-0.15, -0.1) is 11.3 Å². The number of alkyl halides is 6. The van der Waals surface area contributed by atoms with Crippen LogP contribution in [0.2, 0.25) is 0 Å². The number of carbonyl (C=O) groups excluding carboxylic acids is 1.